The first-order valence-corrected chi connectivity index (χ1v) is 13.8. The summed E-state index contributed by atoms with van der Waals surface area (Å²) >= 11 is 1.48. The first-order chi connectivity index (χ1) is 10.3. The van der Waals surface area contributed by atoms with E-state index in [1.165, 1.54) is 18.8 Å². The van der Waals surface area contributed by atoms with Crippen LogP contribution in [-0.4, -0.2) is 92.2 Å². The van der Waals surface area contributed by atoms with E-state index in [0.717, 1.165) is 26.2 Å². The number of nitrogens with zero attached hydrogens (tertiary/aromatic N) is 2. The Bertz CT molecular complexity index is 404. The van der Waals surface area contributed by atoms with Gasteiger partial charge in [-0.25, -0.2) is 0 Å². The van der Waals surface area contributed by atoms with Crippen LogP contribution in [0.3, 0.4) is 0 Å². The molecule has 22 heavy (non-hydrogen) atoms. The minimum absolute atomic E-state index is 0.0736. The van der Waals surface area contributed by atoms with Crippen LogP contribution >= 0.6 is 5.27 Å². The Morgan fingerprint density at radius 2 is 1.77 bits per heavy atom. The molecule has 2 fully saturated rings. The van der Waals surface area contributed by atoms with Crippen molar-refractivity contribution in [3.05, 3.63) is 0 Å². The van der Waals surface area contributed by atoms with Crippen LogP contribution in [0.15, 0.2) is 0 Å². The molecular weight excluding hydrogens is 475 g/mol. The van der Waals surface area contributed by atoms with Crippen molar-refractivity contribution in [2.24, 2.45) is 0 Å². The van der Waals surface area contributed by atoms with Gasteiger partial charge in [-0.1, -0.05) is 0 Å². The molecule has 0 bridgehead atoms. The molecular formula is C14H29N2O4PW. The molecule has 2 aliphatic heterocycles. The molecule has 2 aliphatic rings. The molecule has 0 spiro atoms. The van der Waals surface area contributed by atoms with Gasteiger partial charge in [0.05, 0.1) is 0 Å². The van der Waals surface area contributed by atoms with Gasteiger partial charge >= 0.3 is 144 Å². The van der Waals surface area contributed by atoms with E-state index in [4.69, 9.17) is 14.0 Å². The fourth-order valence-corrected chi connectivity index (χ4v) is 6.79. The van der Waals surface area contributed by atoms with Gasteiger partial charge in [-0.15, -0.1) is 0 Å². The molecule has 2 heterocycles. The topological polar surface area (TPSA) is 54.4 Å². The average molecular weight is 504 g/mol. The van der Waals surface area contributed by atoms with E-state index < -0.39 is 5.27 Å². The third-order valence-electron chi connectivity index (χ3n) is 4.03. The Balaban J connectivity index is 1.88. The van der Waals surface area contributed by atoms with E-state index in [1.54, 1.807) is 0 Å². The summed E-state index contributed by atoms with van der Waals surface area (Å²) in [5.74, 6) is 0. The predicted molar refractivity (Wildman–Crippen MR) is 83.6 cm³/mol. The second kappa shape index (κ2) is 8.31. The minimum atomic E-state index is -1.58. The fourth-order valence-electron chi connectivity index (χ4n) is 3.09. The first kappa shape index (κ1) is 19.2. The molecule has 2 saturated heterocycles. The van der Waals surface area contributed by atoms with Crippen LogP contribution in [0, 0.1) is 0 Å². The van der Waals surface area contributed by atoms with Gasteiger partial charge in [0, 0.05) is 0 Å². The van der Waals surface area contributed by atoms with Gasteiger partial charge in [0.1, 0.15) is 0 Å². The van der Waals surface area contributed by atoms with Gasteiger partial charge in [0.2, 0.25) is 0 Å². The normalized spacial score (nSPS) is 37.9. The monoisotopic (exact) mass is 504 g/mol. The number of ether oxygens (including phenoxy) is 2. The molecule has 0 amide bonds. The SMILES string of the molecule is CC1CN(C)CC(CO[P](C)(=[W])N2CC(C)OC(CO)C2)O1. The second-order valence-corrected chi connectivity index (χ2v) is 16.2. The molecule has 0 aromatic heterocycles. The molecule has 8 heteroatoms. The van der Waals surface area contributed by atoms with Crippen molar-refractivity contribution in [2.75, 3.05) is 53.1 Å². The number of rotatable bonds is 5. The molecule has 5 atom stereocenters. The van der Waals surface area contributed by atoms with Crippen LogP contribution < -0.4 is 0 Å². The molecule has 2 rings (SSSR count). The molecule has 0 aromatic rings. The fraction of sp³-hybridized carbons (Fsp3) is 1.00. The van der Waals surface area contributed by atoms with Gasteiger partial charge in [0.25, 0.3) is 0 Å². The van der Waals surface area contributed by atoms with E-state index >= 15 is 0 Å². The second-order valence-electron chi connectivity index (χ2n) is 6.51. The van der Waals surface area contributed by atoms with Crippen LogP contribution in [0.5, 0.6) is 0 Å². The third kappa shape index (κ3) is 5.46. The van der Waals surface area contributed by atoms with E-state index in [-0.39, 0.29) is 31.0 Å². The Labute approximate surface area is 144 Å². The summed E-state index contributed by atoms with van der Waals surface area (Å²) in [7, 11) is 2.13. The van der Waals surface area contributed by atoms with Crippen molar-refractivity contribution >= 4 is 5.27 Å². The average Bonchev–Trinajstić information content (AvgIpc) is 2.43. The summed E-state index contributed by atoms with van der Waals surface area (Å²) in [6.07, 6.45) is 0.469. The van der Waals surface area contributed by atoms with Crippen molar-refractivity contribution < 1.29 is 37.9 Å². The third-order valence-corrected chi connectivity index (χ3v) is 9.64. The zero-order valence-corrected chi connectivity index (χ0v) is 17.8. The number of likely N-dealkylation sites (N-methyl/N-ethyl adjacent to an activating group) is 1. The number of aliphatic hydroxyl groups excluding tert-OH is 1. The van der Waals surface area contributed by atoms with E-state index in [1.807, 2.05) is 0 Å². The molecule has 0 radical (unpaired) electrons. The van der Waals surface area contributed by atoms with E-state index in [0.29, 0.717) is 6.61 Å². The molecule has 0 aromatic carbocycles. The summed E-state index contributed by atoms with van der Waals surface area (Å²) in [6.45, 7) is 10.7. The molecule has 130 valence electrons. The summed E-state index contributed by atoms with van der Waals surface area (Å²) in [5, 5.41) is 7.80. The van der Waals surface area contributed by atoms with Gasteiger partial charge in [-0.3, -0.25) is 0 Å². The van der Waals surface area contributed by atoms with Crippen LogP contribution in [0.1, 0.15) is 13.8 Å². The molecule has 0 saturated carbocycles. The molecule has 1 N–H and O–H groups in total. The molecule has 5 unspecified atom stereocenters. The Morgan fingerprint density at radius 3 is 2.41 bits per heavy atom. The van der Waals surface area contributed by atoms with Gasteiger partial charge in [-0.2, -0.15) is 0 Å². The van der Waals surface area contributed by atoms with Crippen LogP contribution in [0.2, 0.25) is 0 Å². The van der Waals surface area contributed by atoms with Gasteiger partial charge in [-0.05, 0) is 0 Å². The number of aliphatic hydroxyl groups is 1. The number of hydrogen-bond acceptors (Lipinski definition) is 6. The molecule has 0 aliphatic carbocycles. The van der Waals surface area contributed by atoms with Crippen molar-refractivity contribution in [2.45, 2.75) is 38.3 Å². The zero-order chi connectivity index (χ0) is 16.3. The quantitative estimate of drug-likeness (QED) is 0.559. The maximum atomic E-state index is 9.39. The van der Waals surface area contributed by atoms with Crippen LogP contribution in [0.25, 0.3) is 0 Å². The van der Waals surface area contributed by atoms with Crippen molar-refractivity contribution in [3.8, 4) is 0 Å². The van der Waals surface area contributed by atoms with E-state index in [2.05, 4.69) is 37.1 Å². The Hall–Kier alpha value is 0.878. The number of hydrogen-bond donors (Lipinski definition) is 1. The van der Waals surface area contributed by atoms with Crippen LogP contribution in [-0.2, 0) is 32.8 Å². The summed E-state index contributed by atoms with van der Waals surface area (Å²) in [6, 6.07) is 0. The summed E-state index contributed by atoms with van der Waals surface area (Å²) < 4.78 is 20.4. The van der Waals surface area contributed by atoms with Crippen LogP contribution in [0.4, 0.5) is 0 Å². The zero-order valence-electron chi connectivity index (χ0n) is 14.0. The number of morpholine rings is 2. The van der Waals surface area contributed by atoms with Gasteiger partial charge in [0.15, 0.2) is 0 Å². The molecule has 6 nitrogen and oxygen atoms in total. The maximum absolute atomic E-state index is 9.39. The van der Waals surface area contributed by atoms with Crippen molar-refractivity contribution in [3.63, 3.8) is 0 Å². The van der Waals surface area contributed by atoms with E-state index in [9.17, 15) is 5.11 Å². The Morgan fingerprint density at radius 1 is 1.14 bits per heavy atom. The van der Waals surface area contributed by atoms with Gasteiger partial charge < -0.3 is 0 Å². The standard InChI is InChI=1S/C14H29N2O4P.W/c1-11-5-15(3)7-14(20-11)10-18-21(4)16-6-12(2)19-13(8-16)9-17;/h11-14,17H,5-10H2,1-4H3;. The summed E-state index contributed by atoms with van der Waals surface area (Å²) in [4.78, 5) is 2.30. The first-order valence-electron chi connectivity index (χ1n) is 7.88. The summed E-state index contributed by atoms with van der Waals surface area (Å²) in [5.41, 5.74) is 0. The Kier molecular flexibility index (Phi) is 7.25. The van der Waals surface area contributed by atoms with Crippen molar-refractivity contribution in [1.82, 2.24) is 9.57 Å². The van der Waals surface area contributed by atoms with Crippen molar-refractivity contribution in [1.29, 1.82) is 0 Å². The predicted octanol–water partition coefficient (Wildman–Crippen LogP) is 0.743.